The van der Waals surface area contributed by atoms with Crippen LogP contribution in [-0.4, -0.2) is 18.5 Å². The summed E-state index contributed by atoms with van der Waals surface area (Å²) >= 11 is 3.42. The molecule has 20 heavy (non-hydrogen) atoms. The Morgan fingerprint density at radius 2 is 2.10 bits per heavy atom. The Hall–Kier alpha value is -0.870. The van der Waals surface area contributed by atoms with Crippen LogP contribution >= 0.6 is 15.9 Å². The molecule has 1 aliphatic carbocycles. The van der Waals surface area contributed by atoms with Crippen LogP contribution in [0.25, 0.3) is 0 Å². The molecule has 110 valence electrons. The Morgan fingerprint density at radius 3 is 2.75 bits per heavy atom. The van der Waals surface area contributed by atoms with Gasteiger partial charge in [0.1, 0.15) is 0 Å². The highest BCUT2D eigenvalue weighted by Gasteiger charge is 2.24. The van der Waals surface area contributed by atoms with Crippen molar-refractivity contribution in [2.24, 2.45) is 11.7 Å². The fourth-order valence-corrected chi connectivity index (χ4v) is 3.35. The van der Waals surface area contributed by atoms with E-state index in [2.05, 4.69) is 21.2 Å². The Bertz CT molecular complexity index is 470. The molecule has 1 amide bonds. The molecule has 1 atom stereocenters. The summed E-state index contributed by atoms with van der Waals surface area (Å²) in [6.07, 6.45) is 6.19. The fraction of sp³-hybridized carbons (Fsp3) is 0.562. The van der Waals surface area contributed by atoms with Gasteiger partial charge in [0.05, 0.1) is 0 Å². The molecule has 1 fully saturated rings. The van der Waals surface area contributed by atoms with Gasteiger partial charge in [-0.05, 0) is 43.4 Å². The maximum atomic E-state index is 12.4. The largest absolute Gasteiger partial charge is 0.348 e. The number of hydrogen-bond acceptors (Lipinski definition) is 2. The molecule has 4 heteroatoms. The zero-order valence-corrected chi connectivity index (χ0v) is 13.6. The minimum atomic E-state index is -0.00942. The Kier molecular flexibility index (Phi) is 5.61. The second-order valence-corrected chi connectivity index (χ2v) is 6.59. The number of halogens is 1. The summed E-state index contributed by atoms with van der Waals surface area (Å²) in [5.41, 5.74) is 7.60. The minimum Gasteiger partial charge on any atom is -0.348 e. The molecular weight excluding hydrogens is 316 g/mol. The van der Waals surface area contributed by atoms with Gasteiger partial charge in [0.2, 0.25) is 0 Å². The van der Waals surface area contributed by atoms with E-state index < -0.39 is 0 Å². The zero-order valence-electron chi connectivity index (χ0n) is 12.0. The first-order valence-corrected chi connectivity index (χ1v) is 8.18. The Balaban J connectivity index is 2.06. The lowest BCUT2D eigenvalue weighted by Gasteiger charge is -2.30. The highest BCUT2D eigenvalue weighted by molar-refractivity contribution is 9.10. The molecule has 0 heterocycles. The first-order chi connectivity index (χ1) is 9.61. The van der Waals surface area contributed by atoms with Crippen LogP contribution in [0.3, 0.4) is 0 Å². The third-order valence-electron chi connectivity index (χ3n) is 4.23. The number of rotatable bonds is 4. The molecule has 0 spiro atoms. The van der Waals surface area contributed by atoms with Crippen LogP contribution in [0, 0.1) is 12.8 Å². The first-order valence-electron chi connectivity index (χ1n) is 7.39. The molecule has 3 nitrogen and oxygen atoms in total. The Labute approximate surface area is 129 Å². The number of nitrogens with two attached hydrogens (primary N) is 1. The number of carbonyl (C=O) groups excluding carboxylic acids is 1. The number of carbonyl (C=O) groups is 1. The van der Waals surface area contributed by atoms with E-state index in [0.717, 1.165) is 15.6 Å². The van der Waals surface area contributed by atoms with Gasteiger partial charge < -0.3 is 11.1 Å². The molecule has 1 unspecified atom stereocenters. The highest BCUT2D eigenvalue weighted by Crippen LogP contribution is 2.26. The predicted octanol–water partition coefficient (Wildman–Crippen LogP) is 3.39. The third kappa shape index (κ3) is 3.83. The number of nitrogens with one attached hydrogen (secondary N) is 1. The Morgan fingerprint density at radius 1 is 1.40 bits per heavy atom. The topological polar surface area (TPSA) is 55.1 Å². The lowest BCUT2D eigenvalue weighted by Crippen LogP contribution is -2.46. The highest BCUT2D eigenvalue weighted by atomic mass is 79.9. The van der Waals surface area contributed by atoms with Crippen LogP contribution in [0.2, 0.25) is 0 Å². The smallest absolute Gasteiger partial charge is 0.251 e. The summed E-state index contributed by atoms with van der Waals surface area (Å²) in [5, 5.41) is 3.14. The molecule has 0 radical (unpaired) electrons. The van der Waals surface area contributed by atoms with Gasteiger partial charge in [-0.2, -0.15) is 0 Å². The minimum absolute atomic E-state index is 0.00942. The number of amides is 1. The van der Waals surface area contributed by atoms with E-state index in [9.17, 15) is 4.79 Å². The van der Waals surface area contributed by atoms with Crippen molar-refractivity contribution >= 4 is 21.8 Å². The maximum Gasteiger partial charge on any atom is 0.251 e. The normalized spacial score (nSPS) is 17.8. The van der Waals surface area contributed by atoms with Crippen LogP contribution < -0.4 is 11.1 Å². The predicted molar refractivity (Wildman–Crippen MR) is 85.8 cm³/mol. The number of aryl methyl sites for hydroxylation is 1. The summed E-state index contributed by atoms with van der Waals surface area (Å²) in [6.45, 7) is 2.48. The van der Waals surface area contributed by atoms with Crippen LogP contribution in [-0.2, 0) is 0 Å². The number of hydrogen-bond donors (Lipinski definition) is 2. The average molecular weight is 339 g/mol. The maximum absolute atomic E-state index is 12.4. The molecule has 0 saturated heterocycles. The molecule has 1 aliphatic rings. The van der Waals surface area contributed by atoms with Crippen molar-refractivity contribution in [3.63, 3.8) is 0 Å². The summed E-state index contributed by atoms with van der Waals surface area (Å²) in [6, 6.07) is 5.88. The molecule has 1 saturated carbocycles. The average Bonchev–Trinajstić information content (AvgIpc) is 2.48. The standard InChI is InChI=1S/C16H23BrN2O/c1-11-7-8-13(17)9-14(11)16(20)19-15(10-18)12-5-3-2-4-6-12/h7-9,12,15H,2-6,10,18H2,1H3,(H,19,20). The summed E-state index contributed by atoms with van der Waals surface area (Å²) in [4.78, 5) is 12.4. The SMILES string of the molecule is Cc1ccc(Br)cc1C(=O)NC(CN)C1CCCCC1. The van der Waals surface area contributed by atoms with E-state index in [4.69, 9.17) is 5.73 Å². The van der Waals surface area contributed by atoms with E-state index in [-0.39, 0.29) is 11.9 Å². The van der Waals surface area contributed by atoms with E-state index in [0.29, 0.717) is 12.5 Å². The van der Waals surface area contributed by atoms with Gasteiger partial charge in [0, 0.05) is 22.6 Å². The van der Waals surface area contributed by atoms with Crippen LogP contribution in [0.4, 0.5) is 0 Å². The molecule has 0 aromatic heterocycles. The molecular formula is C16H23BrN2O. The monoisotopic (exact) mass is 338 g/mol. The zero-order chi connectivity index (χ0) is 14.5. The van der Waals surface area contributed by atoms with E-state index in [1.54, 1.807) is 0 Å². The van der Waals surface area contributed by atoms with Gasteiger partial charge in [-0.15, -0.1) is 0 Å². The van der Waals surface area contributed by atoms with E-state index >= 15 is 0 Å². The van der Waals surface area contributed by atoms with Gasteiger partial charge in [0.15, 0.2) is 0 Å². The van der Waals surface area contributed by atoms with Crippen molar-refractivity contribution in [2.45, 2.75) is 45.1 Å². The van der Waals surface area contributed by atoms with Gasteiger partial charge in [0.25, 0.3) is 5.91 Å². The van der Waals surface area contributed by atoms with Crippen LogP contribution in [0.5, 0.6) is 0 Å². The second kappa shape index (κ2) is 7.23. The van der Waals surface area contributed by atoms with E-state index in [1.807, 2.05) is 25.1 Å². The molecule has 0 bridgehead atoms. The molecule has 1 aromatic carbocycles. The van der Waals surface area contributed by atoms with Gasteiger partial charge in [-0.1, -0.05) is 41.3 Å². The van der Waals surface area contributed by atoms with Crippen molar-refractivity contribution in [3.05, 3.63) is 33.8 Å². The van der Waals surface area contributed by atoms with E-state index in [1.165, 1.54) is 32.1 Å². The van der Waals surface area contributed by atoms with Crippen molar-refractivity contribution in [1.82, 2.24) is 5.32 Å². The third-order valence-corrected chi connectivity index (χ3v) is 4.73. The quantitative estimate of drug-likeness (QED) is 0.883. The van der Waals surface area contributed by atoms with Gasteiger partial charge >= 0.3 is 0 Å². The van der Waals surface area contributed by atoms with Crippen molar-refractivity contribution in [1.29, 1.82) is 0 Å². The van der Waals surface area contributed by atoms with Crippen molar-refractivity contribution < 1.29 is 4.79 Å². The molecule has 0 aliphatic heterocycles. The summed E-state index contributed by atoms with van der Waals surface area (Å²) in [7, 11) is 0. The molecule has 3 N–H and O–H groups in total. The number of benzene rings is 1. The fourth-order valence-electron chi connectivity index (χ4n) is 2.99. The summed E-state index contributed by atoms with van der Waals surface area (Å²) < 4.78 is 0.926. The van der Waals surface area contributed by atoms with Crippen LogP contribution in [0.1, 0.15) is 48.0 Å². The van der Waals surface area contributed by atoms with Gasteiger partial charge in [-0.3, -0.25) is 4.79 Å². The molecule has 2 rings (SSSR count). The lowest BCUT2D eigenvalue weighted by atomic mass is 9.83. The van der Waals surface area contributed by atoms with Crippen molar-refractivity contribution in [3.8, 4) is 0 Å². The second-order valence-electron chi connectivity index (χ2n) is 5.67. The first kappa shape index (κ1) is 15.5. The van der Waals surface area contributed by atoms with Crippen LogP contribution in [0.15, 0.2) is 22.7 Å². The van der Waals surface area contributed by atoms with Gasteiger partial charge in [-0.25, -0.2) is 0 Å². The van der Waals surface area contributed by atoms with Crippen molar-refractivity contribution in [2.75, 3.05) is 6.54 Å². The lowest BCUT2D eigenvalue weighted by molar-refractivity contribution is 0.0915. The summed E-state index contributed by atoms with van der Waals surface area (Å²) in [5.74, 6) is 0.523. The molecule has 1 aromatic rings.